The van der Waals surface area contributed by atoms with Crippen LogP contribution in [0, 0.1) is 18.6 Å². The maximum atomic E-state index is 13.9. The molecule has 0 aromatic heterocycles. The van der Waals surface area contributed by atoms with Gasteiger partial charge in [-0.25, -0.2) is 8.78 Å². The van der Waals surface area contributed by atoms with Crippen LogP contribution in [-0.4, -0.2) is 55.4 Å². The second kappa shape index (κ2) is 5.35. The number of halogens is 2. The predicted molar refractivity (Wildman–Crippen MR) is 69.3 cm³/mol. The molecule has 0 spiro atoms. The number of hydrogen-bond acceptors (Lipinski definition) is 3. The van der Waals surface area contributed by atoms with Crippen LogP contribution in [0.4, 0.5) is 8.78 Å². The van der Waals surface area contributed by atoms with Crippen LogP contribution in [0.2, 0.25) is 0 Å². The third-order valence-corrected chi connectivity index (χ3v) is 3.69. The van der Waals surface area contributed by atoms with Crippen molar-refractivity contribution in [3.8, 4) is 0 Å². The topological polar surface area (TPSA) is 23.6 Å². The summed E-state index contributed by atoms with van der Waals surface area (Å²) in [4.78, 5) is 16.3. The van der Waals surface area contributed by atoms with E-state index in [1.807, 2.05) is 23.9 Å². The van der Waals surface area contributed by atoms with Crippen molar-refractivity contribution in [2.45, 2.75) is 13.0 Å². The molecule has 1 saturated heterocycles. The molecular weight excluding hydrogens is 250 g/mol. The van der Waals surface area contributed by atoms with Crippen LogP contribution in [0.15, 0.2) is 12.1 Å². The smallest absolute Gasteiger partial charge is 0.184 e. The molecule has 2 rings (SSSR count). The van der Waals surface area contributed by atoms with Gasteiger partial charge in [0, 0.05) is 19.6 Å². The van der Waals surface area contributed by atoms with Crippen LogP contribution in [0.1, 0.15) is 15.9 Å². The Bertz CT molecular complexity index is 504. The zero-order chi connectivity index (χ0) is 14.2. The van der Waals surface area contributed by atoms with Crippen LogP contribution in [-0.2, 0) is 0 Å². The van der Waals surface area contributed by atoms with Crippen molar-refractivity contribution >= 4 is 5.78 Å². The lowest BCUT2D eigenvalue weighted by Crippen LogP contribution is -2.53. The molecule has 1 aromatic rings. The summed E-state index contributed by atoms with van der Waals surface area (Å²) in [6, 6.07) is 2.40. The van der Waals surface area contributed by atoms with Crippen molar-refractivity contribution in [3.05, 3.63) is 34.9 Å². The largest absolute Gasteiger partial charge is 0.303 e. The number of nitrogens with zero attached hydrogens (tertiary/aromatic N) is 2. The second-order valence-electron chi connectivity index (χ2n) is 5.18. The molecule has 0 amide bonds. The Labute approximate surface area is 111 Å². The van der Waals surface area contributed by atoms with E-state index in [1.54, 1.807) is 0 Å². The van der Waals surface area contributed by atoms with Crippen LogP contribution in [0.3, 0.4) is 0 Å². The fourth-order valence-electron chi connectivity index (χ4n) is 2.31. The van der Waals surface area contributed by atoms with Gasteiger partial charge in [-0.2, -0.15) is 0 Å². The van der Waals surface area contributed by atoms with Gasteiger partial charge in [0.15, 0.2) is 17.4 Å². The first-order valence-corrected chi connectivity index (χ1v) is 6.29. The zero-order valence-electron chi connectivity index (χ0n) is 11.4. The van der Waals surface area contributed by atoms with Crippen LogP contribution < -0.4 is 0 Å². The van der Waals surface area contributed by atoms with E-state index in [2.05, 4.69) is 0 Å². The summed E-state index contributed by atoms with van der Waals surface area (Å²) in [5, 5.41) is 0. The quantitative estimate of drug-likeness (QED) is 0.763. The molecule has 0 aliphatic carbocycles. The Balaban J connectivity index is 2.31. The monoisotopic (exact) mass is 268 g/mol. The van der Waals surface area contributed by atoms with Gasteiger partial charge >= 0.3 is 0 Å². The van der Waals surface area contributed by atoms with Gasteiger partial charge in [0.2, 0.25) is 0 Å². The Morgan fingerprint density at radius 1 is 1.21 bits per heavy atom. The van der Waals surface area contributed by atoms with Gasteiger partial charge in [-0.1, -0.05) is 6.07 Å². The molecule has 1 aliphatic rings. The highest BCUT2D eigenvalue weighted by molar-refractivity contribution is 6.00. The van der Waals surface area contributed by atoms with E-state index in [4.69, 9.17) is 0 Å². The van der Waals surface area contributed by atoms with Crippen molar-refractivity contribution < 1.29 is 13.6 Å². The Morgan fingerprint density at radius 2 is 1.89 bits per heavy atom. The third kappa shape index (κ3) is 2.67. The number of likely N-dealkylation sites (N-methyl/N-ethyl adjacent to an activating group) is 2. The molecule has 1 aromatic carbocycles. The summed E-state index contributed by atoms with van der Waals surface area (Å²) in [6.45, 7) is 3.62. The summed E-state index contributed by atoms with van der Waals surface area (Å²) >= 11 is 0. The van der Waals surface area contributed by atoms with E-state index in [9.17, 15) is 13.6 Å². The minimum Gasteiger partial charge on any atom is -0.303 e. The molecule has 1 aliphatic heterocycles. The molecule has 0 bridgehead atoms. The lowest BCUT2D eigenvalue weighted by atomic mass is 9.99. The number of carbonyl (C=O) groups is 1. The summed E-state index contributed by atoms with van der Waals surface area (Å²) in [6.07, 6.45) is 0. The van der Waals surface area contributed by atoms with E-state index in [1.165, 1.54) is 19.1 Å². The number of hydrogen-bond donors (Lipinski definition) is 0. The summed E-state index contributed by atoms with van der Waals surface area (Å²) < 4.78 is 27.4. The van der Waals surface area contributed by atoms with Gasteiger partial charge < -0.3 is 4.90 Å². The molecule has 1 unspecified atom stereocenters. The number of benzene rings is 1. The standard InChI is InChI=1S/C14H18F2N2O/c1-9-4-5-10(13(16)12(9)15)14(19)11-8-17(2)6-7-18(11)3/h4-5,11H,6-8H2,1-3H3. The SMILES string of the molecule is Cc1ccc(C(=O)C2CN(C)CCN2C)c(F)c1F. The van der Waals surface area contributed by atoms with Gasteiger partial charge in [-0.05, 0) is 32.6 Å². The number of piperazine rings is 1. The number of ketones is 1. The molecule has 104 valence electrons. The van der Waals surface area contributed by atoms with Gasteiger partial charge in [-0.3, -0.25) is 9.69 Å². The first-order chi connectivity index (χ1) is 8.91. The molecule has 5 heteroatoms. The molecule has 0 saturated carbocycles. The van der Waals surface area contributed by atoms with Gasteiger partial charge in [0.25, 0.3) is 0 Å². The first kappa shape index (κ1) is 14.1. The molecular formula is C14H18F2N2O. The summed E-state index contributed by atoms with van der Waals surface area (Å²) in [5.41, 5.74) is 0.0541. The normalized spacial score (nSPS) is 21.6. The van der Waals surface area contributed by atoms with E-state index in [0.717, 1.165) is 13.1 Å². The fourth-order valence-corrected chi connectivity index (χ4v) is 2.31. The highest BCUT2D eigenvalue weighted by atomic mass is 19.2. The number of Topliss-reactive ketones (excluding diaryl/α,β-unsaturated/α-hetero) is 1. The fraction of sp³-hybridized carbons (Fsp3) is 0.500. The first-order valence-electron chi connectivity index (χ1n) is 6.29. The molecule has 1 atom stereocenters. The molecule has 0 radical (unpaired) electrons. The summed E-state index contributed by atoms with van der Waals surface area (Å²) in [7, 11) is 3.75. The minimum absolute atomic E-state index is 0.157. The lowest BCUT2D eigenvalue weighted by Gasteiger charge is -2.36. The van der Waals surface area contributed by atoms with Crippen LogP contribution >= 0.6 is 0 Å². The maximum Gasteiger partial charge on any atom is 0.184 e. The van der Waals surface area contributed by atoms with E-state index in [0.29, 0.717) is 6.54 Å². The Morgan fingerprint density at radius 3 is 2.58 bits per heavy atom. The average molecular weight is 268 g/mol. The van der Waals surface area contributed by atoms with Crippen molar-refractivity contribution in [2.24, 2.45) is 0 Å². The number of rotatable bonds is 2. The van der Waals surface area contributed by atoms with E-state index in [-0.39, 0.29) is 16.9 Å². The predicted octanol–water partition coefficient (Wildman–Crippen LogP) is 1.70. The lowest BCUT2D eigenvalue weighted by molar-refractivity contribution is 0.0681. The second-order valence-corrected chi connectivity index (χ2v) is 5.18. The minimum atomic E-state index is -1.04. The van der Waals surface area contributed by atoms with Crippen molar-refractivity contribution in [1.82, 2.24) is 9.80 Å². The van der Waals surface area contributed by atoms with Gasteiger partial charge in [0.05, 0.1) is 11.6 Å². The average Bonchev–Trinajstić information content (AvgIpc) is 2.38. The van der Waals surface area contributed by atoms with Gasteiger partial charge in [0.1, 0.15) is 0 Å². The van der Waals surface area contributed by atoms with Crippen LogP contribution in [0.25, 0.3) is 0 Å². The third-order valence-electron chi connectivity index (χ3n) is 3.69. The molecule has 1 heterocycles. The van der Waals surface area contributed by atoms with Crippen molar-refractivity contribution in [2.75, 3.05) is 33.7 Å². The zero-order valence-corrected chi connectivity index (χ0v) is 11.4. The van der Waals surface area contributed by atoms with Crippen molar-refractivity contribution in [1.29, 1.82) is 0 Å². The molecule has 19 heavy (non-hydrogen) atoms. The van der Waals surface area contributed by atoms with Crippen LogP contribution in [0.5, 0.6) is 0 Å². The molecule has 3 nitrogen and oxygen atoms in total. The molecule has 0 N–H and O–H groups in total. The molecule has 1 fully saturated rings. The number of aryl methyl sites for hydroxylation is 1. The van der Waals surface area contributed by atoms with Crippen molar-refractivity contribution in [3.63, 3.8) is 0 Å². The van der Waals surface area contributed by atoms with E-state index < -0.39 is 17.7 Å². The van der Waals surface area contributed by atoms with E-state index >= 15 is 0 Å². The highest BCUT2D eigenvalue weighted by Crippen LogP contribution is 2.19. The highest BCUT2D eigenvalue weighted by Gasteiger charge is 2.31. The summed E-state index contributed by atoms with van der Waals surface area (Å²) in [5.74, 6) is -2.32. The Kier molecular flexibility index (Phi) is 3.96. The van der Waals surface area contributed by atoms with Gasteiger partial charge in [-0.15, -0.1) is 0 Å². The number of carbonyl (C=O) groups excluding carboxylic acids is 1. The Hall–Kier alpha value is -1.33. The maximum absolute atomic E-state index is 13.9.